The number of benzene rings is 2. The molecule has 1 fully saturated rings. The fourth-order valence-electron chi connectivity index (χ4n) is 4.29. The van der Waals surface area contributed by atoms with Crippen molar-refractivity contribution in [3.8, 4) is 11.8 Å². The number of alkyl halides is 3. The molecule has 4 rings (SSSR count). The van der Waals surface area contributed by atoms with E-state index in [2.05, 4.69) is 17.2 Å². The van der Waals surface area contributed by atoms with E-state index in [1.54, 1.807) is 0 Å². The van der Waals surface area contributed by atoms with Crippen LogP contribution >= 0.6 is 0 Å². The molecule has 1 aliphatic heterocycles. The highest BCUT2D eigenvalue weighted by atomic mass is 19.4. The number of hydrogen-bond acceptors (Lipinski definition) is 5. The number of anilines is 1. The molecule has 1 atom stereocenters. The third kappa shape index (κ3) is 5.22. The molecule has 0 bridgehead atoms. The summed E-state index contributed by atoms with van der Waals surface area (Å²) in [6.07, 6.45) is -4.14. The van der Waals surface area contributed by atoms with E-state index in [0.29, 0.717) is 17.2 Å². The van der Waals surface area contributed by atoms with Gasteiger partial charge in [-0.25, -0.2) is 9.18 Å². The number of fused-ring (bicyclic) bond motifs is 1. The molecule has 1 amide bonds. The Kier molecular flexibility index (Phi) is 6.82. The first-order chi connectivity index (χ1) is 17.0. The summed E-state index contributed by atoms with van der Waals surface area (Å²) in [4.78, 5) is 24.9. The van der Waals surface area contributed by atoms with Gasteiger partial charge in [-0.3, -0.25) is 4.79 Å². The first-order valence-electron chi connectivity index (χ1n) is 11.3. The summed E-state index contributed by atoms with van der Waals surface area (Å²) in [6.45, 7) is -0.129. The SMILES string of the molecule is O=C1OCc2cc(NC(=O)C(O)(C#CCCCO)CC3(c4cc(C(F)(F)F)ccc4F)CC3)ccc21. The van der Waals surface area contributed by atoms with Crippen LogP contribution in [0.15, 0.2) is 36.4 Å². The molecule has 1 saturated carbocycles. The zero-order valence-electron chi connectivity index (χ0n) is 19.0. The topological polar surface area (TPSA) is 95.9 Å². The van der Waals surface area contributed by atoms with Gasteiger partial charge in [0.2, 0.25) is 5.60 Å². The molecular formula is C26H23F4NO5. The van der Waals surface area contributed by atoms with E-state index in [-0.39, 0.29) is 50.1 Å². The molecule has 0 aromatic heterocycles. The van der Waals surface area contributed by atoms with Crippen LogP contribution in [0.4, 0.5) is 23.2 Å². The number of halogens is 4. The Labute approximate surface area is 204 Å². The van der Waals surface area contributed by atoms with Gasteiger partial charge >= 0.3 is 12.1 Å². The van der Waals surface area contributed by atoms with Gasteiger partial charge in [0.15, 0.2) is 0 Å². The summed E-state index contributed by atoms with van der Waals surface area (Å²) >= 11 is 0. The molecule has 0 spiro atoms. The number of amides is 1. The third-order valence-corrected chi connectivity index (χ3v) is 6.39. The number of nitrogens with one attached hydrogen (secondary N) is 1. The standard InChI is InChI=1S/C26H23F4NO5/c27-21-7-4-17(26(28,29)30)13-20(21)24(9-10-24)15-25(35,8-2-1-3-11-32)23(34)31-18-5-6-19-16(12-18)14-36-22(19)33/h4-7,12-13,32,35H,1,3,9-11,14-15H2,(H,31,34). The molecule has 3 N–H and O–H groups in total. The lowest BCUT2D eigenvalue weighted by molar-refractivity contribution is -0.137. The predicted octanol–water partition coefficient (Wildman–Crippen LogP) is 4.08. The van der Waals surface area contributed by atoms with Gasteiger partial charge in [-0.05, 0) is 61.2 Å². The van der Waals surface area contributed by atoms with Gasteiger partial charge < -0.3 is 20.3 Å². The molecule has 2 aliphatic rings. The normalized spacial score (nSPS) is 17.3. The van der Waals surface area contributed by atoms with E-state index < -0.39 is 46.9 Å². The van der Waals surface area contributed by atoms with Crippen molar-refractivity contribution in [3.63, 3.8) is 0 Å². The number of carbonyl (C=O) groups excluding carboxylic acids is 2. The maximum Gasteiger partial charge on any atom is 0.416 e. The van der Waals surface area contributed by atoms with E-state index in [1.807, 2.05) is 0 Å². The summed E-state index contributed by atoms with van der Waals surface area (Å²) in [5.74, 6) is 2.84. The quantitative estimate of drug-likeness (QED) is 0.228. The van der Waals surface area contributed by atoms with Crippen LogP contribution in [0.25, 0.3) is 0 Å². The Hall–Kier alpha value is -3.42. The predicted molar refractivity (Wildman–Crippen MR) is 120 cm³/mol. The number of hydrogen-bond donors (Lipinski definition) is 3. The smallest absolute Gasteiger partial charge is 0.416 e. The van der Waals surface area contributed by atoms with Crippen molar-refractivity contribution >= 4 is 17.6 Å². The summed E-state index contributed by atoms with van der Waals surface area (Å²) in [5.41, 5.74) is -3.68. The van der Waals surface area contributed by atoms with E-state index in [0.717, 1.165) is 12.1 Å². The van der Waals surface area contributed by atoms with Crippen molar-refractivity contribution in [2.45, 2.75) is 55.9 Å². The van der Waals surface area contributed by atoms with Gasteiger partial charge in [0.1, 0.15) is 12.4 Å². The van der Waals surface area contributed by atoms with E-state index in [1.165, 1.54) is 18.2 Å². The minimum Gasteiger partial charge on any atom is -0.457 e. The lowest BCUT2D eigenvalue weighted by Gasteiger charge is -2.28. The van der Waals surface area contributed by atoms with Crippen molar-refractivity contribution in [1.29, 1.82) is 0 Å². The highest BCUT2D eigenvalue weighted by Gasteiger charge is 2.53. The first-order valence-corrected chi connectivity index (χ1v) is 11.3. The van der Waals surface area contributed by atoms with E-state index in [9.17, 15) is 32.3 Å². The maximum absolute atomic E-state index is 14.7. The van der Waals surface area contributed by atoms with Crippen LogP contribution in [-0.4, -0.2) is 34.3 Å². The van der Waals surface area contributed by atoms with Gasteiger partial charge in [0.05, 0.1) is 11.1 Å². The number of cyclic esters (lactones) is 1. The number of esters is 1. The van der Waals surface area contributed by atoms with E-state index >= 15 is 0 Å². The molecule has 2 aromatic rings. The Morgan fingerprint density at radius 2 is 1.92 bits per heavy atom. The number of aliphatic hydroxyl groups excluding tert-OH is 1. The minimum atomic E-state index is -4.69. The first kappa shape index (κ1) is 25.7. The zero-order chi connectivity index (χ0) is 26.1. The zero-order valence-corrected chi connectivity index (χ0v) is 19.0. The molecule has 36 heavy (non-hydrogen) atoms. The van der Waals surface area contributed by atoms with Gasteiger partial charge in [-0.2, -0.15) is 13.2 Å². The van der Waals surface area contributed by atoms with Crippen LogP contribution in [0.2, 0.25) is 0 Å². The van der Waals surface area contributed by atoms with Crippen LogP contribution in [0.1, 0.15) is 59.2 Å². The molecule has 1 unspecified atom stereocenters. The van der Waals surface area contributed by atoms with Crippen LogP contribution in [0.3, 0.4) is 0 Å². The summed E-state index contributed by atoms with van der Waals surface area (Å²) < 4.78 is 59.4. The highest BCUT2D eigenvalue weighted by Crippen LogP contribution is 2.55. The molecule has 1 heterocycles. The van der Waals surface area contributed by atoms with Gasteiger partial charge in [0.25, 0.3) is 5.91 Å². The molecule has 10 heteroatoms. The van der Waals surface area contributed by atoms with Gasteiger partial charge in [0, 0.05) is 36.1 Å². The van der Waals surface area contributed by atoms with Crippen molar-refractivity contribution in [2.24, 2.45) is 0 Å². The van der Waals surface area contributed by atoms with Crippen LogP contribution in [0.5, 0.6) is 0 Å². The lowest BCUT2D eigenvalue weighted by atomic mass is 9.81. The average molecular weight is 505 g/mol. The summed E-state index contributed by atoms with van der Waals surface area (Å²) in [5, 5.41) is 22.9. The second kappa shape index (κ2) is 9.56. The Morgan fingerprint density at radius 1 is 1.17 bits per heavy atom. The second-order valence-electron chi connectivity index (χ2n) is 9.04. The average Bonchev–Trinajstić information content (AvgIpc) is 3.50. The number of aliphatic hydroxyl groups is 2. The number of ether oxygens (including phenoxy) is 1. The number of unbranched alkanes of at least 4 members (excludes halogenated alkanes) is 1. The number of carbonyl (C=O) groups is 2. The van der Waals surface area contributed by atoms with Crippen molar-refractivity contribution < 1.29 is 42.1 Å². The molecule has 6 nitrogen and oxygen atoms in total. The Morgan fingerprint density at radius 3 is 2.58 bits per heavy atom. The highest BCUT2D eigenvalue weighted by molar-refractivity contribution is 6.01. The van der Waals surface area contributed by atoms with Gasteiger partial charge in [-0.15, -0.1) is 0 Å². The van der Waals surface area contributed by atoms with E-state index in [4.69, 9.17) is 9.84 Å². The molecule has 0 saturated heterocycles. The second-order valence-corrected chi connectivity index (χ2v) is 9.04. The van der Waals surface area contributed by atoms with Crippen molar-refractivity contribution in [2.75, 3.05) is 11.9 Å². The molecular weight excluding hydrogens is 482 g/mol. The molecule has 2 aromatic carbocycles. The minimum absolute atomic E-state index is 0.0288. The summed E-state index contributed by atoms with van der Waals surface area (Å²) in [7, 11) is 0. The van der Waals surface area contributed by atoms with Crippen molar-refractivity contribution in [3.05, 3.63) is 64.5 Å². The molecule has 190 valence electrons. The maximum atomic E-state index is 14.7. The molecule has 0 radical (unpaired) electrons. The Bertz CT molecular complexity index is 1260. The van der Waals surface area contributed by atoms with Crippen LogP contribution < -0.4 is 5.32 Å². The fraction of sp³-hybridized carbons (Fsp3) is 0.385. The van der Waals surface area contributed by atoms with Crippen molar-refractivity contribution in [1.82, 2.24) is 0 Å². The third-order valence-electron chi connectivity index (χ3n) is 6.39. The largest absolute Gasteiger partial charge is 0.457 e. The van der Waals surface area contributed by atoms with Gasteiger partial charge in [-0.1, -0.05) is 11.8 Å². The summed E-state index contributed by atoms with van der Waals surface area (Å²) in [6, 6.07) is 6.52. The molecule has 1 aliphatic carbocycles. The van der Waals surface area contributed by atoms with Crippen LogP contribution in [0, 0.1) is 17.7 Å². The monoisotopic (exact) mass is 505 g/mol. The van der Waals surface area contributed by atoms with Crippen LogP contribution in [-0.2, 0) is 27.7 Å². The fourth-order valence-corrected chi connectivity index (χ4v) is 4.29. The Balaban J connectivity index is 1.64. The lowest BCUT2D eigenvalue weighted by Crippen LogP contribution is -2.44. The number of rotatable bonds is 7.